The Labute approximate surface area is 259 Å². The standard InChI is InChI=1S/C35H43NO8/c1-24(2)32-35(3,4)44-34(40)36(32)33(39)29(20-25-12-7-5-8-13-25)31-30(38)18-17-27(43-31)16-11-19-41-23-28(21-37)42-22-26-14-9-6-10-15-26/h5-10,12-18,24,28-29,31-32,37H,11,19-23H2,1-4H3/t28-,29-,31-,32-/m1/s1. The Bertz CT molecular complexity index is 1320. The van der Waals surface area contributed by atoms with Crippen LogP contribution in [0.5, 0.6) is 0 Å². The largest absolute Gasteiger partial charge is 0.482 e. The van der Waals surface area contributed by atoms with Gasteiger partial charge in [-0.05, 0) is 62.0 Å². The second kappa shape index (κ2) is 15.3. The highest BCUT2D eigenvalue weighted by molar-refractivity contribution is 6.02. The van der Waals surface area contributed by atoms with E-state index in [0.717, 1.165) is 11.1 Å². The van der Waals surface area contributed by atoms with Gasteiger partial charge < -0.3 is 24.1 Å². The highest BCUT2D eigenvalue weighted by atomic mass is 16.6. The molecule has 2 aliphatic heterocycles. The molecule has 0 saturated carbocycles. The van der Waals surface area contributed by atoms with Gasteiger partial charge in [0.15, 0.2) is 11.9 Å². The molecule has 236 valence electrons. The molecule has 1 N–H and O–H groups in total. The van der Waals surface area contributed by atoms with Crippen molar-refractivity contribution in [1.82, 2.24) is 4.90 Å². The molecule has 9 nitrogen and oxygen atoms in total. The first-order valence-corrected chi connectivity index (χ1v) is 15.1. The van der Waals surface area contributed by atoms with E-state index in [9.17, 15) is 19.5 Å². The molecule has 1 saturated heterocycles. The van der Waals surface area contributed by atoms with Crippen LogP contribution in [0, 0.1) is 11.8 Å². The number of ketones is 1. The number of carbonyl (C=O) groups excluding carboxylic acids is 3. The Morgan fingerprint density at radius 3 is 2.32 bits per heavy atom. The van der Waals surface area contributed by atoms with Crippen LogP contribution in [0.3, 0.4) is 0 Å². The van der Waals surface area contributed by atoms with Gasteiger partial charge in [-0.2, -0.15) is 0 Å². The van der Waals surface area contributed by atoms with Crippen LogP contribution in [0.4, 0.5) is 4.79 Å². The lowest BCUT2D eigenvalue weighted by Crippen LogP contribution is -2.53. The van der Waals surface area contributed by atoms with E-state index in [4.69, 9.17) is 18.9 Å². The van der Waals surface area contributed by atoms with Gasteiger partial charge in [-0.1, -0.05) is 74.5 Å². The number of aliphatic hydroxyl groups excluding tert-OH is 1. The smallest absolute Gasteiger partial charge is 0.417 e. The van der Waals surface area contributed by atoms with Gasteiger partial charge in [0, 0.05) is 0 Å². The minimum atomic E-state index is -1.12. The Kier molecular flexibility index (Phi) is 11.5. The fourth-order valence-electron chi connectivity index (χ4n) is 5.80. The van der Waals surface area contributed by atoms with Crippen molar-refractivity contribution in [1.29, 1.82) is 0 Å². The summed E-state index contributed by atoms with van der Waals surface area (Å²) in [7, 11) is 0. The van der Waals surface area contributed by atoms with Gasteiger partial charge in [0.2, 0.25) is 5.91 Å². The lowest BCUT2D eigenvalue weighted by molar-refractivity contribution is -0.144. The number of cyclic esters (lactones) is 1. The SMILES string of the molecule is CC(C)[C@H]1N(C(=O)[C@H](Cc2ccccc2)[C@H]2OC(=CCCOC[C@@H](CO)OCc3ccccc3)C=CC2=O)C(=O)OC1(C)C. The number of aliphatic hydroxyl groups is 1. The minimum absolute atomic E-state index is 0.0646. The quantitative estimate of drug-likeness (QED) is 0.299. The van der Waals surface area contributed by atoms with Crippen LogP contribution in [-0.2, 0) is 41.6 Å². The number of allylic oxidation sites excluding steroid dienone is 1. The molecule has 4 rings (SSSR count). The van der Waals surface area contributed by atoms with Gasteiger partial charge >= 0.3 is 6.09 Å². The lowest BCUT2D eigenvalue weighted by Gasteiger charge is -2.35. The third-order valence-electron chi connectivity index (χ3n) is 7.79. The van der Waals surface area contributed by atoms with E-state index in [2.05, 4.69) is 0 Å². The first-order valence-electron chi connectivity index (χ1n) is 15.1. The monoisotopic (exact) mass is 605 g/mol. The van der Waals surface area contributed by atoms with Crippen molar-refractivity contribution in [3.63, 3.8) is 0 Å². The van der Waals surface area contributed by atoms with Crippen molar-refractivity contribution >= 4 is 17.8 Å². The van der Waals surface area contributed by atoms with Crippen molar-refractivity contribution in [3.8, 4) is 0 Å². The molecule has 0 spiro atoms. The van der Waals surface area contributed by atoms with E-state index in [0.29, 0.717) is 25.4 Å². The number of hydrogen-bond acceptors (Lipinski definition) is 8. The fraction of sp³-hybridized carbons (Fsp3) is 0.457. The van der Waals surface area contributed by atoms with Gasteiger partial charge in [0.05, 0.1) is 38.4 Å². The number of imide groups is 1. The van der Waals surface area contributed by atoms with E-state index >= 15 is 0 Å². The van der Waals surface area contributed by atoms with E-state index in [1.165, 1.54) is 11.0 Å². The van der Waals surface area contributed by atoms with E-state index < -0.39 is 41.8 Å². The number of benzene rings is 2. The van der Waals surface area contributed by atoms with Gasteiger partial charge in [-0.25, -0.2) is 9.69 Å². The predicted molar refractivity (Wildman–Crippen MR) is 164 cm³/mol. The van der Waals surface area contributed by atoms with Gasteiger partial charge in [-0.3, -0.25) is 9.59 Å². The molecule has 1 fully saturated rings. The molecule has 2 aromatic carbocycles. The molecule has 44 heavy (non-hydrogen) atoms. The maximum Gasteiger partial charge on any atom is 0.417 e. The Hall–Kier alpha value is -3.79. The highest BCUT2D eigenvalue weighted by Gasteiger charge is 2.54. The maximum absolute atomic E-state index is 14.1. The Morgan fingerprint density at radius 2 is 1.68 bits per heavy atom. The van der Waals surface area contributed by atoms with Crippen LogP contribution in [-0.4, -0.2) is 71.5 Å². The van der Waals surface area contributed by atoms with Crippen LogP contribution >= 0.6 is 0 Å². The summed E-state index contributed by atoms with van der Waals surface area (Å²) in [5.41, 5.74) is 0.981. The molecule has 0 radical (unpaired) electrons. The van der Waals surface area contributed by atoms with Gasteiger partial charge in [-0.15, -0.1) is 0 Å². The third kappa shape index (κ3) is 8.43. The molecule has 2 aliphatic rings. The van der Waals surface area contributed by atoms with E-state index in [-0.39, 0.29) is 31.3 Å². The summed E-state index contributed by atoms with van der Waals surface area (Å²) in [4.78, 5) is 41.5. The number of ether oxygens (including phenoxy) is 4. The summed E-state index contributed by atoms with van der Waals surface area (Å²) in [6.07, 6.45) is 3.18. The molecule has 0 aromatic heterocycles. The van der Waals surface area contributed by atoms with Crippen molar-refractivity contribution < 1.29 is 38.4 Å². The molecule has 0 bridgehead atoms. The molecule has 0 aliphatic carbocycles. The normalized spacial score (nSPS) is 21.8. The summed E-state index contributed by atoms with van der Waals surface area (Å²) >= 11 is 0. The number of hydrogen-bond donors (Lipinski definition) is 1. The average molecular weight is 606 g/mol. The summed E-state index contributed by atoms with van der Waals surface area (Å²) in [6.45, 7) is 8.22. The van der Waals surface area contributed by atoms with Crippen LogP contribution in [0.25, 0.3) is 0 Å². The lowest BCUT2D eigenvalue weighted by atomic mass is 9.85. The first kappa shape index (κ1) is 33.1. The highest BCUT2D eigenvalue weighted by Crippen LogP contribution is 2.37. The van der Waals surface area contributed by atoms with Gasteiger partial charge in [0.25, 0.3) is 0 Å². The number of rotatable bonds is 14. The van der Waals surface area contributed by atoms with Crippen molar-refractivity contribution in [3.05, 3.63) is 95.8 Å². The van der Waals surface area contributed by atoms with E-state index in [1.54, 1.807) is 26.0 Å². The van der Waals surface area contributed by atoms with Crippen LogP contribution < -0.4 is 0 Å². The van der Waals surface area contributed by atoms with Gasteiger partial charge in [0.1, 0.15) is 17.5 Å². The Balaban J connectivity index is 1.42. The number of amides is 2. The minimum Gasteiger partial charge on any atom is -0.482 e. The molecule has 4 atom stereocenters. The first-order chi connectivity index (χ1) is 21.1. The van der Waals surface area contributed by atoms with Crippen molar-refractivity contribution in [2.45, 2.75) is 71.0 Å². The van der Waals surface area contributed by atoms with Crippen molar-refractivity contribution in [2.75, 3.05) is 19.8 Å². The summed E-state index contributed by atoms with van der Waals surface area (Å²) in [5, 5.41) is 9.65. The topological polar surface area (TPSA) is 112 Å². The van der Waals surface area contributed by atoms with Crippen molar-refractivity contribution in [2.24, 2.45) is 11.8 Å². The van der Waals surface area contributed by atoms with E-state index in [1.807, 2.05) is 74.5 Å². The summed E-state index contributed by atoms with van der Waals surface area (Å²) in [6, 6.07) is 18.6. The summed E-state index contributed by atoms with van der Waals surface area (Å²) in [5.74, 6) is -1.42. The zero-order chi connectivity index (χ0) is 31.7. The van der Waals surface area contributed by atoms with Crippen LogP contribution in [0.2, 0.25) is 0 Å². The summed E-state index contributed by atoms with van der Waals surface area (Å²) < 4.78 is 23.2. The molecule has 9 heteroatoms. The predicted octanol–water partition coefficient (Wildman–Crippen LogP) is 5.02. The zero-order valence-corrected chi connectivity index (χ0v) is 25.9. The van der Waals surface area contributed by atoms with Crippen LogP contribution in [0.15, 0.2) is 84.7 Å². The second-order valence-corrected chi connectivity index (χ2v) is 12.0. The maximum atomic E-state index is 14.1. The molecular formula is C35H43NO8. The zero-order valence-electron chi connectivity index (χ0n) is 25.9. The number of carbonyl (C=O) groups is 3. The molecule has 2 amide bonds. The molecule has 2 aromatic rings. The molecule has 2 heterocycles. The third-order valence-corrected chi connectivity index (χ3v) is 7.79. The average Bonchev–Trinajstić information content (AvgIpc) is 3.26. The Morgan fingerprint density at radius 1 is 1.02 bits per heavy atom. The second-order valence-electron chi connectivity index (χ2n) is 12.0. The fourth-order valence-corrected chi connectivity index (χ4v) is 5.80. The molecule has 0 unspecified atom stereocenters. The number of nitrogens with zero attached hydrogens (tertiary/aromatic N) is 1. The molecular weight excluding hydrogens is 562 g/mol. The van der Waals surface area contributed by atoms with Crippen LogP contribution in [0.1, 0.15) is 45.2 Å².